The monoisotopic (exact) mass is 417 g/mol. The van der Waals surface area contributed by atoms with E-state index in [1.54, 1.807) is 0 Å². The minimum atomic E-state index is -4.73. The topological polar surface area (TPSA) is 78.0 Å². The fourth-order valence-electron chi connectivity index (χ4n) is 2.49. The number of primary sulfonamides is 1. The van der Waals surface area contributed by atoms with E-state index in [2.05, 4.69) is 4.98 Å². The molecular weight excluding hydrogens is 405 g/mol. The van der Waals surface area contributed by atoms with Gasteiger partial charge in [-0.3, -0.25) is 4.57 Å². The van der Waals surface area contributed by atoms with Gasteiger partial charge in [0.15, 0.2) is 5.69 Å². The number of hydrogen-bond acceptors (Lipinski definition) is 3. The molecule has 1 heterocycles. The fraction of sp³-hybridized carbons (Fsp3) is 0.118. The van der Waals surface area contributed by atoms with Crippen LogP contribution in [0, 0.1) is 0 Å². The maximum atomic E-state index is 13.1. The number of halogens is 5. The van der Waals surface area contributed by atoms with Gasteiger partial charge in [0.25, 0.3) is 6.43 Å². The molecule has 0 fully saturated rings. The molecule has 2 N–H and O–H groups in total. The van der Waals surface area contributed by atoms with E-state index in [4.69, 9.17) is 5.14 Å². The summed E-state index contributed by atoms with van der Waals surface area (Å²) in [6.07, 6.45) is -6.71. The van der Waals surface area contributed by atoms with Crippen molar-refractivity contribution in [2.75, 3.05) is 0 Å². The van der Waals surface area contributed by atoms with Gasteiger partial charge in [-0.1, -0.05) is 24.3 Å². The van der Waals surface area contributed by atoms with Gasteiger partial charge in [0, 0.05) is 23.0 Å². The van der Waals surface area contributed by atoms with Crippen molar-refractivity contribution in [1.82, 2.24) is 9.55 Å². The predicted octanol–water partition coefficient (Wildman–Crippen LogP) is 4.14. The van der Waals surface area contributed by atoms with Crippen molar-refractivity contribution >= 4 is 10.0 Å². The van der Waals surface area contributed by atoms with Crippen molar-refractivity contribution in [1.29, 1.82) is 0 Å². The molecule has 0 spiro atoms. The SMILES string of the molecule is NS(=O)(=O)c1ccc(-n2cc(C(F)(F)F)nc2-c2ccc(C(F)F)cc2)cc1. The molecule has 28 heavy (non-hydrogen) atoms. The maximum absolute atomic E-state index is 13.1. The molecule has 0 unspecified atom stereocenters. The van der Waals surface area contributed by atoms with Crippen molar-refractivity contribution in [2.24, 2.45) is 5.14 Å². The van der Waals surface area contributed by atoms with Gasteiger partial charge in [-0.05, 0) is 24.3 Å². The average molecular weight is 417 g/mol. The number of alkyl halides is 5. The Labute approximate surface area is 156 Å². The maximum Gasteiger partial charge on any atom is 0.434 e. The Kier molecular flexibility index (Phi) is 4.98. The Balaban J connectivity index is 2.13. The van der Waals surface area contributed by atoms with Gasteiger partial charge in [0.2, 0.25) is 10.0 Å². The van der Waals surface area contributed by atoms with E-state index in [1.807, 2.05) is 0 Å². The number of nitrogens with two attached hydrogens (primary N) is 1. The zero-order valence-corrected chi connectivity index (χ0v) is 14.7. The molecule has 0 saturated heterocycles. The number of aromatic nitrogens is 2. The van der Waals surface area contributed by atoms with Gasteiger partial charge in [0.1, 0.15) is 5.82 Å². The molecule has 0 aliphatic carbocycles. The second-order valence-electron chi connectivity index (χ2n) is 5.78. The second-order valence-corrected chi connectivity index (χ2v) is 7.34. The van der Waals surface area contributed by atoms with Crippen LogP contribution in [0.15, 0.2) is 59.6 Å². The van der Waals surface area contributed by atoms with E-state index >= 15 is 0 Å². The number of hydrogen-bond donors (Lipinski definition) is 1. The summed E-state index contributed by atoms with van der Waals surface area (Å²) >= 11 is 0. The third kappa shape index (κ3) is 4.04. The van der Waals surface area contributed by atoms with E-state index in [9.17, 15) is 30.4 Å². The number of imidazole rings is 1. The Morgan fingerprint density at radius 1 is 0.964 bits per heavy atom. The number of nitrogens with zero attached hydrogens (tertiary/aromatic N) is 2. The van der Waals surface area contributed by atoms with Gasteiger partial charge >= 0.3 is 6.18 Å². The van der Waals surface area contributed by atoms with Crippen LogP contribution in [-0.4, -0.2) is 18.0 Å². The predicted molar refractivity (Wildman–Crippen MR) is 90.3 cm³/mol. The van der Waals surface area contributed by atoms with Crippen LogP contribution in [0.4, 0.5) is 22.0 Å². The molecule has 0 bridgehead atoms. The normalized spacial score (nSPS) is 12.5. The highest BCUT2D eigenvalue weighted by atomic mass is 32.2. The third-order valence-electron chi connectivity index (χ3n) is 3.86. The molecule has 5 nitrogen and oxygen atoms in total. The lowest BCUT2D eigenvalue weighted by Gasteiger charge is -2.09. The standard InChI is InChI=1S/C17H12F5N3O2S/c18-15(19)10-1-3-11(4-2-10)16-24-14(17(20,21)22)9-25(16)12-5-7-13(8-6-12)28(23,26)27/h1-9,15H,(H2,23,26,27). The highest BCUT2D eigenvalue weighted by Crippen LogP contribution is 2.33. The molecule has 0 radical (unpaired) electrons. The van der Waals surface area contributed by atoms with Crippen molar-refractivity contribution < 1.29 is 30.4 Å². The lowest BCUT2D eigenvalue weighted by Crippen LogP contribution is -2.12. The van der Waals surface area contributed by atoms with Gasteiger partial charge < -0.3 is 0 Å². The molecule has 0 aliphatic heterocycles. The fourth-order valence-corrected chi connectivity index (χ4v) is 3.01. The summed E-state index contributed by atoms with van der Waals surface area (Å²) in [5.41, 5.74) is -1.11. The van der Waals surface area contributed by atoms with Gasteiger partial charge in [-0.2, -0.15) is 13.2 Å². The van der Waals surface area contributed by atoms with Crippen LogP contribution in [0.25, 0.3) is 17.1 Å². The summed E-state index contributed by atoms with van der Waals surface area (Å²) in [6.45, 7) is 0. The van der Waals surface area contributed by atoms with Crippen molar-refractivity contribution in [3.05, 3.63) is 66.0 Å². The van der Waals surface area contributed by atoms with Gasteiger partial charge in [0.05, 0.1) is 4.90 Å². The minimum absolute atomic E-state index is 0.142. The first kappa shape index (κ1) is 20.0. The Bertz CT molecular complexity index is 1090. The van der Waals surface area contributed by atoms with Crippen LogP contribution in [0.1, 0.15) is 17.7 Å². The van der Waals surface area contributed by atoms with Crippen LogP contribution in [0.2, 0.25) is 0 Å². The molecule has 148 valence electrons. The van der Waals surface area contributed by atoms with E-state index < -0.39 is 28.3 Å². The van der Waals surface area contributed by atoms with Crippen molar-refractivity contribution in [3.63, 3.8) is 0 Å². The van der Waals surface area contributed by atoms with E-state index in [0.717, 1.165) is 35.0 Å². The van der Waals surface area contributed by atoms with E-state index in [-0.39, 0.29) is 27.5 Å². The Morgan fingerprint density at radius 3 is 2.00 bits per heavy atom. The first-order valence-corrected chi connectivity index (χ1v) is 9.20. The summed E-state index contributed by atoms with van der Waals surface area (Å²) in [6, 6.07) is 9.46. The first-order chi connectivity index (χ1) is 13.0. The zero-order chi connectivity index (χ0) is 20.7. The average Bonchev–Trinajstić information content (AvgIpc) is 3.07. The zero-order valence-electron chi connectivity index (χ0n) is 13.9. The third-order valence-corrected chi connectivity index (χ3v) is 4.79. The molecule has 0 aliphatic rings. The molecule has 0 amide bonds. The van der Waals surface area contributed by atoms with Crippen molar-refractivity contribution in [2.45, 2.75) is 17.5 Å². The lowest BCUT2D eigenvalue weighted by molar-refractivity contribution is -0.140. The number of benzene rings is 2. The largest absolute Gasteiger partial charge is 0.434 e. The quantitative estimate of drug-likeness (QED) is 0.648. The summed E-state index contributed by atoms with van der Waals surface area (Å²) in [7, 11) is -3.97. The smallest absolute Gasteiger partial charge is 0.299 e. The molecule has 2 aromatic carbocycles. The van der Waals surface area contributed by atoms with Crippen LogP contribution in [-0.2, 0) is 16.2 Å². The van der Waals surface area contributed by atoms with Crippen LogP contribution in [0.3, 0.4) is 0 Å². The molecule has 11 heteroatoms. The first-order valence-electron chi connectivity index (χ1n) is 7.65. The Hall–Kier alpha value is -2.79. The molecule has 0 saturated carbocycles. The molecule has 1 aromatic heterocycles. The highest BCUT2D eigenvalue weighted by Gasteiger charge is 2.35. The second kappa shape index (κ2) is 6.99. The van der Waals surface area contributed by atoms with Crippen LogP contribution in [0.5, 0.6) is 0 Å². The molecule has 3 aromatic rings. The van der Waals surface area contributed by atoms with Crippen LogP contribution < -0.4 is 5.14 Å². The Morgan fingerprint density at radius 2 is 1.54 bits per heavy atom. The summed E-state index contributed by atoms with van der Waals surface area (Å²) < 4.78 is 88.6. The van der Waals surface area contributed by atoms with Crippen LogP contribution >= 0.6 is 0 Å². The minimum Gasteiger partial charge on any atom is -0.299 e. The van der Waals surface area contributed by atoms with Crippen molar-refractivity contribution in [3.8, 4) is 17.1 Å². The summed E-state index contributed by atoms with van der Waals surface area (Å²) in [4.78, 5) is 3.37. The van der Waals surface area contributed by atoms with Gasteiger partial charge in [-0.15, -0.1) is 0 Å². The summed E-state index contributed by atoms with van der Waals surface area (Å²) in [5.74, 6) is -0.142. The highest BCUT2D eigenvalue weighted by molar-refractivity contribution is 7.89. The molecule has 3 rings (SSSR count). The summed E-state index contributed by atoms with van der Waals surface area (Å²) in [5, 5.41) is 5.01. The number of rotatable bonds is 4. The van der Waals surface area contributed by atoms with E-state index in [0.29, 0.717) is 0 Å². The lowest BCUT2D eigenvalue weighted by atomic mass is 10.1. The van der Waals surface area contributed by atoms with E-state index in [1.165, 1.54) is 24.3 Å². The van der Waals surface area contributed by atoms with Gasteiger partial charge in [-0.25, -0.2) is 27.3 Å². The number of sulfonamides is 1. The molecular formula is C17H12F5N3O2S. The molecule has 0 atom stereocenters.